The van der Waals surface area contributed by atoms with Crippen molar-refractivity contribution in [2.75, 3.05) is 20.1 Å². The van der Waals surface area contributed by atoms with Crippen molar-refractivity contribution in [3.05, 3.63) is 42.4 Å². The third-order valence-corrected chi connectivity index (χ3v) is 3.45. The molecule has 0 aliphatic carbocycles. The summed E-state index contributed by atoms with van der Waals surface area (Å²) in [5.41, 5.74) is 1.56. The van der Waals surface area contributed by atoms with Gasteiger partial charge in [-0.2, -0.15) is 0 Å². The number of rotatable bonds is 6. The molecule has 0 fully saturated rings. The smallest absolute Gasteiger partial charge is 0.407 e. The molecule has 8 heteroatoms. The average Bonchev–Trinajstić information content (AvgIpc) is 3.09. The van der Waals surface area contributed by atoms with Crippen molar-refractivity contribution in [2.24, 2.45) is 4.99 Å². The summed E-state index contributed by atoms with van der Waals surface area (Å²) in [5.74, 6) is 1.43. The minimum atomic E-state index is -0.503. The Morgan fingerprint density at radius 3 is 2.52 bits per heavy atom. The largest absolute Gasteiger partial charge is 0.444 e. The average molecular weight is 372 g/mol. The Kier molecular flexibility index (Phi) is 7.22. The van der Waals surface area contributed by atoms with Gasteiger partial charge in [0.05, 0.1) is 18.4 Å². The van der Waals surface area contributed by atoms with E-state index in [1.165, 1.54) is 0 Å². The van der Waals surface area contributed by atoms with E-state index in [1.807, 2.05) is 57.3 Å². The highest BCUT2D eigenvalue weighted by Crippen LogP contribution is 2.15. The van der Waals surface area contributed by atoms with Crippen LogP contribution in [-0.4, -0.2) is 47.8 Å². The van der Waals surface area contributed by atoms with Crippen LogP contribution in [0, 0.1) is 0 Å². The standard InChI is InChI=1S/C19H28N6O2/c1-19(2,3)27-18(26)22-11-10-21-17(20-4)24-13-16-23-12-15(25-16)14-8-6-5-7-9-14/h5-9,12H,10-11,13H2,1-4H3,(H,22,26)(H,23,25)(H2,20,21,24). The van der Waals surface area contributed by atoms with Gasteiger partial charge in [0.25, 0.3) is 0 Å². The number of guanidine groups is 1. The molecule has 1 aromatic carbocycles. The van der Waals surface area contributed by atoms with E-state index in [4.69, 9.17) is 4.74 Å². The molecule has 1 heterocycles. The number of alkyl carbamates (subject to hydrolysis) is 1. The quantitative estimate of drug-likeness (QED) is 0.354. The van der Waals surface area contributed by atoms with E-state index in [-0.39, 0.29) is 0 Å². The zero-order valence-corrected chi connectivity index (χ0v) is 16.3. The molecule has 0 radical (unpaired) electrons. The predicted octanol–water partition coefficient (Wildman–Crippen LogP) is 2.27. The molecule has 0 atom stereocenters. The van der Waals surface area contributed by atoms with Crippen LogP contribution in [0.3, 0.4) is 0 Å². The highest BCUT2D eigenvalue weighted by Gasteiger charge is 2.15. The Bertz CT molecular complexity index is 749. The van der Waals surface area contributed by atoms with Gasteiger partial charge in [0.1, 0.15) is 11.4 Å². The van der Waals surface area contributed by atoms with E-state index >= 15 is 0 Å². The number of aliphatic imine (C=N–C) groups is 1. The number of imidazole rings is 1. The predicted molar refractivity (Wildman–Crippen MR) is 106 cm³/mol. The Morgan fingerprint density at radius 2 is 1.85 bits per heavy atom. The van der Waals surface area contributed by atoms with Crippen molar-refractivity contribution in [2.45, 2.75) is 32.9 Å². The fourth-order valence-electron chi connectivity index (χ4n) is 2.26. The summed E-state index contributed by atoms with van der Waals surface area (Å²) in [4.78, 5) is 23.4. The van der Waals surface area contributed by atoms with Crippen LogP contribution < -0.4 is 16.0 Å². The number of hydrogen-bond acceptors (Lipinski definition) is 4. The second-order valence-electron chi connectivity index (χ2n) is 6.89. The van der Waals surface area contributed by atoms with Crippen LogP contribution in [0.15, 0.2) is 41.5 Å². The fraction of sp³-hybridized carbons (Fsp3) is 0.421. The van der Waals surface area contributed by atoms with Crippen molar-refractivity contribution >= 4 is 12.1 Å². The van der Waals surface area contributed by atoms with Gasteiger partial charge in [-0.05, 0) is 26.3 Å². The van der Waals surface area contributed by atoms with E-state index in [1.54, 1.807) is 7.05 Å². The normalized spacial score (nSPS) is 11.8. The van der Waals surface area contributed by atoms with Gasteiger partial charge in [-0.3, -0.25) is 4.99 Å². The van der Waals surface area contributed by atoms with E-state index in [2.05, 4.69) is 30.9 Å². The summed E-state index contributed by atoms with van der Waals surface area (Å²) >= 11 is 0. The van der Waals surface area contributed by atoms with Crippen molar-refractivity contribution in [3.63, 3.8) is 0 Å². The zero-order valence-electron chi connectivity index (χ0n) is 16.3. The van der Waals surface area contributed by atoms with E-state index < -0.39 is 11.7 Å². The fourth-order valence-corrected chi connectivity index (χ4v) is 2.26. The molecule has 146 valence electrons. The summed E-state index contributed by atoms with van der Waals surface area (Å²) in [6.07, 6.45) is 1.38. The van der Waals surface area contributed by atoms with Crippen LogP contribution in [0.25, 0.3) is 11.3 Å². The third-order valence-electron chi connectivity index (χ3n) is 3.45. The Morgan fingerprint density at radius 1 is 1.15 bits per heavy atom. The van der Waals surface area contributed by atoms with Crippen LogP contribution >= 0.6 is 0 Å². The van der Waals surface area contributed by atoms with Gasteiger partial charge >= 0.3 is 6.09 Å². The molecular weight excluding hydrogens is 344 g/mol. The second kappa shape index (κ2) is 9.61. The summed E-state index contributed by atoms with van der Waals surface area (Å²) in [6.45, 7) is 6.93. The number of nitrogens with one attached hydrogen (secondary N) is 4. The molecule has 0 unspecified atom stereocenters. The van der Waals surface area contributed by atoms with Crippen molar-refractivity contribution in [3.8, 4) is 11.3 Å². The number of H-pyrrole nitrogens is 1. The first-order valence-electron chi connectivity index (χ1n) is 8.88. The van der Waals surface area contributed by atoms with Gasteiger partial charge < -0.3 is 25.7 Å². The maximum atomic E-state index is 11.6. The Balaban J connectivity index is 1.72. The summed E-state index contributed by atoms with van der Waals surface area (Å²) in [5, 5.41) is 8.99. The highest BCUT2D eigenvalue weighted by molar-refractivity contribution is 5.79. The first-order valence-corrected chi connectivity index (χ1v) is 8.88. The molecule has 0 bridgehead atoms. The van der Waals surface area contributed by atoms with Gasteiger partial charge in [0.15, 0.2) is 5.96 Å². The lowest BCUT2D eigenvalue weighted by molar-refractivity contribution is 0.0529. The number of aromatic nitrogens is 2. The van der Waals surface area contributed by atoms with Crippen LogP contribution in [-0.2, 0) is 11.3 Å². The monoisotopic (exact) mass is 372 g/mol. The lowest BCUT2D eigenvalue weighted by Gasteiger charge is -2.19. The first kappa shape index (κ1) is 20.3. The number of nitrogens with zero attached hydrogens (tertiary/aromatic N) is 2. The first-order chi connectivity index (χ1) is 12.9. The van der Waals surface area contributed by atoms with E-state index in [0.29, 0.717) is 25.6 Å². The van der Waals surface area contributed by atoms with Crippen molar-refractivity contribution < 1.29 is 9.53 Å². The van der Waals surface area contributed by atoms with Gasteiger partial charge in [0, 0.05) is 20.1 Å². The van der Waals surface area contributed by atoms with Gasteiger partial charge in [-0.15, -0.1) is 0 Å². The lowest BCUT2D eigenvalue weighted by atomic mass is 10.2. The molecule has 1 aromatic heterocycles. The maximum Gasteiger partial charge on any atom is 0.407 e. The summed E-state index contributed by atoms with van der Waals surface area (Å²) in [6, 6.07) is 10.0. The number of amides is 1. The van der Waals surface area contributed by atoms with E-state index in [0.717, 1.165) is 17.1 Å². The molecular formula is C19H28N6O2. The van der Waals surface area contributed by atoms with Gasteiger partial charge in [0.2, 0.25) is 0 Å². The number of hydrogen-bond donors (Lipinski definition) is 4. The molecule has 8 nitrogen and oxygen atoms in total. The SMILES string of the molecule is CN=C(NCCNC(=O)OC(C)(C)C)NCc1ncc(-c2ccccc2)[nH]1. The number of carbonyl (C=O) groups excluding carboxylic acids is 1. The highest BCUT2D eigenvalue weighted by atomic mass is 16.6. The third kappa shape index (κ3) is 7.39. The zero-order chi connectivity index (χ0) is 19.7. The molecule has 2 aromatic rings. The molecule has 27 heavy (non-hydrogen) atoms. The topological polar surface area (TPSA) is 103 Å². The Hall–Kier alpha value is -3.03. The molecule has 4 N–H and O–H groups in total. The molecule has 0 spiro atoms. The Labute approximate surface area is 159 Å². The van der Waals surface area contributed by atoms with E-state index in [9.17, 15) is 4.79 Å². The van der Waals surface area contributed by atoms with Crippen LogP contribution in [0.4, 0.5) is 4.79 Å². The van der Waals surface area contributed by atoms with Crippen LogP contribution in [0.5, 0.6) is 0 Å². The van der Waals surface area contributed by atoms with Crippen LogP contribution in [0.1, 0.15) is 26.6 Å². The van der Waals surface area contributed by atoms with Crippen LogP contribution in [0.2, 0.25) is 0 Å². The molecule has 0 aliphatic rings. The molecule has 0 saturated heterocycles. The maximum absolute atomic E-state index is 11.6. The molecule has 1 amide bonds. The number of aromatic amines is 1. The molecule has 2 rings (SSSR count). The lowest BCUT2D eigenvalue weighted by Crippen LogP contribution is -2.42. The number of ether oxygens (including phenoxy) is 1. The number of carbonyl (C=O) groups is 1. The van der Waals surface area contributed by atoms with Crippen molar-refractivity contribution in [1.29, 1.82) is 0 Å². The van der Waals surface area contributed by atoms with Gasteiger partial charge in [-0.1, -0.05) is 30.3 Å². The second-order valence-corrected chi connectivity index (χ2v) is 6.89. The molecule has 0 saturated carbocycles. The summed E-state index contributed by atoms with van der Waals surface area (Å²) < 4.78 is 5.18. The molecule has 0 aliphatic heterocycles. The van der Waals surface area contributed by atoms with Gasteiger partial charge in [-0.25, -0.2) is 9.78 Å². The summed E-state index contributed by atoms with van der Waals surface area (Å²) in [7, 11) is 1.69. The minimum Gasteiger partial charge on any atom is -0.444 e. The van der Waals surface area contributed by atoms with Crippen molar-refractivity contribution in [1.82, 2.24) is 25.9 Å². The minimum absolute atomic E-state index is 0.425. The number of benzene rings is 1.